The number of amides is 1. The van der Waals surface area contributed by atoms with E-state index in [0.29, 0.717) is 24.1 Å². The molecule has 0 radical (unpaired) electrons. The Hall–Kier alpha value is -2.27. The number of pyridine rings is 2. The van der Waals surface area contributed by atoms with Crippen LogP contribution in [0.5, 0.6) is 0 Å². The minimum Gasteiger partial charge on any atom is -0.383 e. The summed E-state index contributed by atoms with van der Waals surface area (Å²) < 4.78 is 0. The molecule has 2 aromatic rings. The summed E-state index contributed by atoms with van der Waals surface area (Å²) in [5, 5.41) is 11.1. The summed E-state index contributed by atoms with van der Waals surface area (Å²) in [7, 11) is 0. The number of piperidine rings is 1. The summed E-state index contributed by atoms with van der Waals surface area (Å²) >= 11 is 0. The summed E-state index contributed by atoms with van der Waals surface area (Å²) in [6.45, 7) is 0. The lowest BCUT2D eigenvalue weighted by molar-refractivity contribution is -0.0508. The number of aliphatic hydroxyl groups is 1. The molecule has 0 saturated carbocycles. The molecular weight excluding hydrogens is 290 g/mol. The molecule has 4 rings (SSSR count). The van der Waals surface area contributed by atoms with Crippen LogP contribution in [0.15, 0.2) is 48.9 Å². The SMILES string of the molecule is O=C(c1ccncc1)N1[C@@H]2CC[C@H]1CC(O)(c1ccccn1)C2. The van der Waals surface area contributed by atoms with Gasteiger partial charge in [0, 0.05) is 49.1 Å². The molecule has 1 amide bonds. The van der Waals surface area contributed by atoms with Crippen molar-refractivity contribution in [1.82, 2.24) is 14.9 Å². The molecule has 0 aromatic carbocycles. The van der Waals surface area contributed by atoms with Crippen molar-refractivity contribution in [2.75, 3.05) is 0 Å². The van der Waals surface area contributed by atoms with Gasteiger partial charge in [-0.25, -0.2) is 0 Å². The van der Waals surface area contributed by atoms with Gasteiger partial charge in [-0.3, -0.25) is 14.8 Å². The fraction of sp³-hybridized carbons (Fsp3) is 0.389. The van der Waals surface area contributed by atoms with Gasteiger partial charge in [-0.2, -0.15) is 0 Å². The maximum absolute atomic E-state index is 12.8. The third-order valence-corrected chi connectivity index (χ3v) is 5.07. The minimum atomic E-state index is -0.928. The standard InChI is InChI=1S/C18H19N3O2/c22-17(13-6-9-19-10-7-13)21-14-4-5-15(21)12-18(23,11-14)16-3-1-2-8-20-16/h1-3,6-10,14-15,23H,4-5,11-12H2/t14-,15+,18?. The second-order valence-electron chi connectivity index (χ2n) is 6.49. The van der Waals surface area contributed by atoms with Gasteiger partial charge in [0.2, 0.25) is 0 Å². The fourth-order valence-corrected chi connectivity index (χ4v) is 4.05. The monoisotopic (exact) mass is 309 g/mol. The fourth-order valence-electron chi connectivity index (χ4n) is 4.05. The molecule has 1 unspecified atom stereocenters. The molecule has 3 atom stereocenters. The van der Waals surface area contributed by atoms with Gasteiger partial charge in [0.05, 0.1) is 5.69 Å². The van der Waals surface area contributed by atoms with Crippen LogP contribution in [-0.2, 0) is 5.60 Å². The Bertz CT molecular complexity index is 691. The molecule has 23 heavy (non-hydrogen) atoms. The van der Waals surface area contributed by atoms with E-state index < -0.39 is 5.60 Å². The smallest absolute Gasteiger partial charge is 0.254 e. The molecule has 4 heterocycles. The van der Waals surface area contributed by atoms with Crippen LogP contribution in [-0.4, -0.2) is 38.0 Å². The molecule has 5 heteroatoms. The first-order valence-electron chi connectivity index (χ1n) is 8.04. The molecule has 2 aliphatic heterocycles. The Kier molecular flexibility index (Phi) is 3.38. The van der Waals surface area contributed by atoms with E-state index in [4.69, 9.17) is 0 Å². The molecule has 2 fully saturated rings. The molecule has 5 nitrogen and oxygen atoms in total. The quantitative estimate of drug-likeness (QED) is 0.923. The largest absolute Gasteiger partial charge is 0.383 e. The summed E-state index contributed by atoms with van der Waals surface area (Å²) in [5.74, 6) is 0.0444. The number of rotatable bonds is 2. The third-order valence-electron chi connectivity index (χ3n) is 5.07. The highest BCUT2D eigenvalue weighted by Crippen LogP contribution is 2.45. The molecule has 0 spiro atoms. The number of hydrogen-bond donors (Lipinski definition) is 1. The second-order valence-corrected chi connectivity index (χ2v) is 6.49. The molecule has 1 N–H and O–H groups in total. The van der Waals surface area contributed by atoms with E-state index in [1.165, 1.54) is 0 Å². The van der Waals surface area contributed by atoms with Crippen LogP contribution in [0.2, 0.25) is 0 Å². The Labute approximate surface area is 135 Å². The van der Waals surface area contributed by atoms with Crippen LogP contribution in [0.4, 0.5) is 0 Å². The van der Waals surface area contributed by atoms with Crippen molar-refractivity contribution in [1.29, 1.82) is 0 Å². The zero-order valence-electron chi connectivity index (χ0n) is 12.8. The lowest BCUT2D eigenvalue weighted by Crippen LogP contribution is -2.52. The number of fused-ring (bicyclic) bond motifs is 2. The number of hydrogen-bond acceptors (Lipinski definition) is 4. The van der Waals surface area contributed by atoms with Crippen LogP contribution >= 0.6 is 0 Å². The Morgan fingerprint density at radius 3 is 2.39 bits per heavy atom. The highest BCUT2D eigenvalue weighted by molar-refractivity contribution is 5.94. The topological polar surface area (TPSA) is 66.3 Å². The van der Waals surface area contributed by atoms with Crippen molar-refractivity contribution < 1.29 is 9.90 Å². The van der Waals surface area contributed by atoms with Gasteiger partial charge >= 0.3 is 0 Å². The van der Waals surface area contributed by atoms with E-state index in [2.05, 4.69) is 9.97 Å². The number of nitrogens with zero attached hydrogens (tertiary/aromatic N) is 3. The van der Waals surface area contributed by atoms with Crippen molar-refractivity contribution in [3.05, 3.63) is 60.2 Å². The Balaban J connectivity index is 1.60. The number of carbonyl (C=O) groups excluding carboxylic acids is 1. The van der Waals surface area contributed by atoms with Gasteiger partial charge in [0.15, 0.2) is 0 Å². The maximum Gasteiger partial charge on any atom is 0.254 e. The molecule has 118 valence electrons. The summed E-state index contributed by atoms with van der Waals surface area (Å²) in [6.07, 6.45) is 7.98. The first-order valence-corrected chi connectivity index (χ1v) is 8.04. The van der Waals surface area contributed by atoms with E-state index >= 15 is 0 Å². The van der Waals surface area contributed by atoms with E-state index in [1.54, 1.807) is 30.7 Å². The predicted octanol–water partition coefficient (Wildman–Crippen LogP) is 2.13. The first-order chi connectivity index (χ1) is 11.2. The molecular formula is C18H19N3O2. The summed E-state index contributed by atoms with van der Waals surface area (Å²) in [6, 6.07) is 9.27. The zero-order chi connectivity index (χ0) is 15.9. The molecule has 0 aliphatic carbocycles. The molecule has 2 saturated heterocycles. The van der Waals surface area contributed by atoms with E-state index in [0.717, 1.165) is 12.8 Å². The highest BCUT2D eigenvalue weighted by atomic mass is 16.3. The zero-order valence-corrected chi connectivity index (χ0v) is 12.8. The van der Waals surface area contributed by atoms with Gasteiger partial charge in [-0.1, -0.05) is 6.07 Å². The van der Waals surface area contributed by atoms with Gasteiger partial charge in [0.25, 0.3) is 5.91 Å². The first kappa shape index (κ1) is 14.3. The predicted molar refractivity (Wildman–Crippen MR) is 84.6 cm³/mol. The van der Waals surface area contributed by atoms with Gasteiger partial charge in [0.1, 0.15) is 5.60 Å². The lowest BCUT2D eigenvalue weighted by Gasteiger charge is -2.43. The van der Waals surface area contributed by atoms with Crippen LogP contribution in [0.3, 0.4) is 0 Å². The minimum absolute atomic E-state index is 0.0444. The number of carbonyl (C=O) groups is 1. The average molecular weight is 309 g/mol. The van der Waals surface area contributed by atoms with Gasteiger partial charge in [-0.05, 0) is 37.1 Å². The molecule has 2 bridgehead atoms. The molecule has 2 aromatic heterocycles. The lowest BCUT2D eigenvalue weighted by atomic mass is 9.83. The van der Waals surface area contributed by atoms with Crippen LogP contribution < -0.4 is 0 Å². The van der Waals surface area contributed by atoms with Gasteiger partial charge in [-0.15, -0.1) is 0 Å². The van der Waals surface area contributed by atoms with Crippen LogP contribution in [0.25, 0.3) is 0 Å². The highest BCUT2D eigenvalue weighted by Gasteiger charge is 2.50. The van der Waals surface area contributed by atoms with Crippen LogP contribution in [0.1, 0.15) is 41.7 Å². The second kappa shape index (κ2) is 5.42. The van der Waals surface area contributed by atoms with Crippen molar-refractivity contribution in [3.8, 4) is 0 Å². The number of aromatic nitrogens is 2. The van der Waals surface area contributed by atoms with Crippen LogP contribution in [0, 0.1) is 0 Å². The van der Waals surface area contributed by atoms with Crippen molar-refractivity contribution in [2.24, 2.45) is 0 Å². The molecule has 2 aliphatic rings. The Morgan fingerprint density at radius 1 is 1.09 bits per heavy atom. The summed E-state index contributed by atoms with van der Waals surface area (Å²) in [5.41, 5.74) is 0.454. The van der Waals surface area contributed by atoms with Crippen molar-refractivity contribution in [3.63, 3.8) is 0 Å². The summed E-state index contributed by atoms with van der Waals surface area (Å²) in [4.78, 5) is 23.1. The third kappa shape index (κ3) is 2.41. The van der Waals surface area contributed by atoms with E-state index in [9.17, 15) is 9.90 Å². The van der Waals surface area contributed by atoms with Crippen molar-refractivity contribution >= 4 is 5.91 Å². The van der Waals surface area contributed by atoms with E-state index in [1.807, 2.05) is 23.1 Å². The maximum atomic E-state index is 12.8. The normalized spacial score (nSPS) is 29.5. The average Bonchev–Trinajstić information content (AvgIpc) is 2.88. The van der Waals surface area contributed by atoms with Gasteiger partial charge < -0.3 is 10.0 Å². The Morgan fingerprint density at radius 2 is 1.78 bits per heavy atom. The van der Waals surface area contributed by atoms with Crippen molar-refractivity contribution in [2.45, 2.75) is 43.4 Å². The van der Waals surface area contributed by atoms with E-state index in [-0.39, 0.29) is 18.0 Å².